The third-order valence-corrected chi connectivity index (χ3v) is 8.00. The number of fused-ring (bicyclic) bond motifs is 2. The SMILES string of the molecule is CC(C)N(CCCCCc1nc2ccc(C(C)(C)C)cc2[nH]1)C[C@H]1O[C@@H](n2cnc3c(N)ccnc32)[C@H](O)[C@@H]1O. The number of H-pyrrole nitrogens is 1. The zero-order chi connectivity index (χ0) is 28.6. The molecule has 4 aromatic rings. The number of aryl methyl sites for hydroxylation is 1. The number of anilines is 1. The number of nitrogens with zero attached hydrogens (tertiary/aromatic N) is 5. The van der Waals surface area contributed by atoms with Crippen LogP contribution in [0.1, 0.15) is 71.5 Å². The Kier molecular flexibility index (Phi) is 8.15. The first-order valence-corrected chi connectivity index (χ1v) is 14.3. The molecule has 0 spiro atoms. The summed E-state index contributed by atoms with van der Waals surface area (Å²) in [7, 11) is 0. The van der Waals surface area contributed by atoms with Crippen LogP contribution in [0.4, 0.5) is 5.69 Å². The number of aliphatic hydroxyl groups excluding tert-OH is 2. The van der Waals surface area contributed by atoms with Crippen molar-refractivity contribution in [2.45, 2.75) is 96.3 Å². The van der Waals surface area contributed by atoms with E-state index in [0.717, 1.165) is 49.1 Å². The number of hydrogen-bond acceptors (Lipinski definition) is 8. The Labute approximate surface area is 235 Å². The maximum atomic E-state index is 10.9. The number of nitrogens with two attached hydrogens (primary N) is 1. The monoisotopic (exact) mass is 549 g/mol. The smallest absolute Gasteiger partial charge is 0.165 e. The highest BCUT2D eigenvalue weighted by molar-refractivity contribution is 5.83. The van der Waals surface area contributed by atoms with E-state index in [1.807, 2.05) is 0 Å². The number of aromatic nitrogens is 5. The van der Waals surface area contributed by atoms with Crippen LogP contribution in [0.15, 0.2) is 36.8 Å². The van der Waals surface area contributed by atoms with Gasteiger partial charge in [-0.15, -0.1) is 0 Å². The van der Waals surface area contributed by atoms with Crippen LogP contribution < -0.4 is 5.73 Å². The predicted molar refractivity (Wildman–Crippen MR) is 157 cm³/mol. The fourth-order valence-corrected chi connectivity index (χ4v) is 5.47. The van der Waals surface area contributed by atoms with Gasteiger partial charge in [-0.2, -0.15) is 0 Å². The Hall–Kier alpha value is -3.05. The summed E-state index contributed by atoms with van der Waals surface area (Å²) in [5.41, 5.74) is 11.1. The molecule has 10 heteroatoms. The first-order chi connectivity index (χ1) is 19.0. The summed E-state index contributed by atoms with van der Waals surface area (Å²) in [6.07, 6.45) is 3.79. The van der Waals surface area contributed by atoms with Gasteiger partial charge in [0.15, 0.2) is 11.9 Å². The molecular formula is C30H43N7O3. The Morgan fingerprint density at radius 1 is 1.10 bits per heavy atom. The Morgan fingerprint density at radius 2 is 1.90 bits per heavy atom. The second-order valence-corrected chi connectivity index (χ2v) is 12.3. The van der Waals surface area contributed by atoms with E-state index >= 15 is 0 Å². The number of hydrogen-bond donors (Lipinski definition) is 4. The molecule has 4 heterocycles. The molecule has 0 radical (unpaired) electrons. The molecule has 1 aliphatic heterocycles. The maximum Gasteiger partial charge on any atom is 0.165 e. The van der Waals surface area contributed by atoms with Crippen LogP contribution in [0.5, 0.6) is 0 Å². The Bertz CT molecular complexity index is 1440. The molecular weight excluding hydrogens is 506 g/mol. The van der Waals surface area contributed by atoms with E-state index in [2.05, 4.69) is 72.7 Å². The molecule has 5 N–H and O–H groups in total. The molecule has 0 unspecified atom stereocenters. The number of aliphatic hydroxyl groups is 2. The highest BCUT2D eigenvalue weighted by Gasteiger charge is 2.45. The van der Waals surface area contributed by atoms with Crippen LogP contribution in [-0.4, -0.2) is 77.1 Å². The number of unbranched alkanes of at least 4 members (excludes halogenated alkanes) is 2. The molecule has 1 aromatic carbocycles. The third-order valence-electron chi connectivity index (χ3n) is 8.00. The summed E-state index contributed by atoms with van der Waals surface area (Å²) in [4.78, 5) is 19.3. The largest absolute Gasteiger partial charge is 0.397 e. The van der Waals surface area contributed by atoms with Crippen LogP contribution in [0.25, 0.3) is 22.2 Å². The Balaban J connectivity index is 1.14. The van der Waals surface area contributed by atoms with Crippen LogP contribution in [-0.2, 0) is 16.6 Å². The molecule has 1 saturated heterocycles. The summed E-state index contributed by atoms with van der Waals surface area (Å²) < 4.78 is 7.84. The number of nitrogen functional groups attached to an aromatic ring is 1. The van der Waals surface area contributed by atoms with Crippen molar-refractivity contribution in [3.05, 3.63) is 48.2 Å². The average molecular weight is 550 g/mol. The van der Waals surface area contributed by atoms with Crippen molar-refractivity contribution in [3.63, 3.8) is 0 Å². The molecule has 0 aliphatic carbocycles. The molecule has 0 bridgehead atoms. The summed E-state index contributed by atoms with van der Waals surface area (Å²) in [6.45, 7) is 12.4. The minimum absolute atomic E-state index is 0.111. The molecule has 1 fully saturated rings. The van der Waals surface area contributed by atoms with Crippen molar-refractivity contribution in [2.24, 2.45) is 0 Å². The molecule has 5 rings (SSSR count). The topological polar surface area (TPSA) is 138 Å². The highest BCUT2D eigenvalue weighted by Crippen LogP contribution is 2.33. The normalized spacial score (nSPS) is 21.9. The van der Waals surface area contributed by atoms with E-state index in [4.69, 9.17) is 15.5 Å². The molecule has 3 aromatic heterocycles. The number of ether oxygens (including phenoxy) is 1. The van der Waals surface area contributed by atoms with Gasteiger partial charge in [0.25, 0.3) is 0 Å². The van der Waals surface area contributed by atoms with Crippen molar-refractivity contribution in [2.75, 3.05) is 18.8 Å². The number of nitrogens with one attached hydrogen (secondary N) is 1. The maximum absolute atomic E-state index is 10.9. The molecule has 40 heavy (non-hydrogen) atoms. The van der Waals surface area contributed by atoms with Gasteiger partial charge in [0.1, 0.15) is 29.7 Å². The van der Waals surface area contributed by atoms with Crippen molar-refractivity contribution in [1.82, 2.24) is 29.4 Å². The Morgan fingerprint density at radius 3 is 2.65 bits per heavy atom. The zero-order valence-corrected chi connectivity index (χ0v) is 24.2. The van der Waals surface area contributed by atoms with Gasteiger partial charge in [-0.05, 0) is 62.4 Å². The molecule has 0 amide bonds. The van der Waals surface area contributed by atoms with E-state index in [-0.39, 0.29) is 11.5 Å². The first-order valence-electron chi connectivity index (χ1n) is 14.3. The van der Waals surface area contributed by atoms with Crippen LogP contribution in [0, 0.1) is 0 Å². The average Bonchev–Trinajstić information content (AvgIpc) is 3.59. The van der Waals surface area contributed by atoms with E-state index in [1.54, 1.807) is 23.2 Å². The van der Waals surface area contributed by atoms with Crippen molar-refractivity contribution in [3.8, 4) is 0 Å². The van der Waals surface area contributed by atoms with Gasteiger partial charge in [-0.3, -0.25) is 9.47 Å². The van der Waals surface area contributed by atoms with E-state index in [9.17, 15) is 10.2 Å². The molecule has 0 saturated carbocycles. The van der Waals surface area contributed by atoms with Gasteiger partial charge in [0.05, 0.1) is 23.0 Å². The fourth-order valence-electron chi connectivity index (χ4n) is 5.47. The fraction of sp³-hybridized carbons (Fsp3) is 0.567. The number of benzene rings is 1. The number of imidazole rings is 2. The van der Waals surface area contributed by atoms with Crippen molar-refractivity contribution >= 4 is 27.9 Å². The van der Waals surface area contributed by atoms with Gasteiger partial charge in [0.2, 0.25) is 0 Å². The highest BCUT2D eigenvalue weighted by atomic mass is 16.6. The van der Waals surface area contributed by atoms with Gasteiger partial charge < -0.3 is 25.7 Å². The third kappa shape index (κ3) is 5.85. The second-order valence-electron chi connectivity index (χ2n) is 12.3. The first kappa shape index (κ1) is 28.5. The van der Waals surface area contributed by atoms with Gasteiger partial charge >= 0.3 is 0 Å². The van der Waals surface area contributed by atoms with Gasteiger partial charge in [0, 0.05) is 25.2 Å². The van der Waals surface area contributed by atoms with Gasteiger partial charge in [-0.25, -0.2) is 15.0 Å². The quantitative estimate of drug-likeness (QED) is 0.218. The lowest BCUT2D eigenvalue weighted by molar-refractivity contribution is -0.0469. The summed E-state index contributed by atoms with van der Waals surface area (Å²) in [5, 5.41) is 21.7. The molecule has 1 aliphatic rings. The summed E-state index contributed by atoms with van der Waals surface area (Å²) >= 11 is 0. The standard InChI is InChI=1S/C30H43N7O3/c1-18(2)36(14-8-6-7-9-24-34-21-11-10-19(30(3,4)5)15-22(21)35-24)16-23-26(38)27(39)29(40-23)37-17-33-25-20(31)12-13-32-28(25)37/h10-13,15,17-18,23,26-27,29,38-39H,6-9,14,16H2,1-5H3,(H2,31,32)(H,34,35)/t23-,26-,27-,29-/m1/s1. The lowest BCUT2D eigenvalue weighted by Gasteiger charge is -2.30. The predicted octanol–water partition coefficient (Wildman–Crippen LogP) is 3.93. The van der Waals surface area contributed by atoms with E-state index in [1.165, 1.54) is 5.56 Å². The zero-order valence-electron chi connectivity index (χ0n) is 24.2. The van der Waals surface area contributed by atoms with Crippen LogP contribution in [0.2, 0.25) is 0 Å². The van der Waals surface area contributed by atoms with Crippen molar-refractivity contribution < 1.29 is 14.9 Å². The van der Waals surface area contributed by atoms with Crippen molar-refractivity contribution in [1.29, 1.82) is 0 Å². The molecule has 4 atom stereocenters. The molecule has 216 valence electrons. The number of rotatable bonds is 10. The lowest BCUT2D eigenvalue weighted by Crippen LogP contribution is -2.43. The van der Waals surface area contributed by atoms with Crippen LogP contribution in [0.3, 0.4) is 0 Å². The number of pyridine rings is 1. The minimum atomic E-state index is -1.09. The minimum Gasteiger partial charge on any atom is -0.397 e. The van der Waals surface area contributed by atoms with Crippen LogP contribution >= 0.6 is 0 Å². The molecule has 10 nitrogen and oxygen atoms in total. The summed E-state index contributed by atoms with van der Waals surface area (Å²) in [6, 6.07) is 8.45. The van der Waals surface area contributed by atoms with Gasteiger partial charge in [-0.1, -0.05) is 33.3 Å². The second kappa shape index (κ2) is 11.4. The number of aromatic amines is 1. The van der Waals surface area contributed by atoms with E-state index in [0.29, 0.717) is 23.4 Å². The lowest BCUT2D eigenvalue weighted by atomic mass is 9.87. The summed E-state index contributed by atoms with van der Waals surface area (Å²) in [5.74, 6) is 1.03. The van der Waals surface area contributed by atoms with E-state index < -0.39 is 24.5 Å².